The summed E-state index contributed by atoms with van der Waals surface area (Å²) < 4.78 is 5.38. The predicted octanol–water partition coefficient (Wildman–Crippen LogP) is 2.18. The highest BCUT2D eigenvalue weighted by molar-refractivity contribution is 5.75. The minimum atomic E-state index is 0.527. The van der Waals surface area contributed by atoms with Crippen molar-refractivity contribution in [1.82, 2.24) is 14.9 Å². The first-order valence-corrected chi connectivity index (χ1v) is 7.05. The van der Waals surface area contributed by atoms with Crippen molar-refractivity contribution in [3.63, 3.8) is 0 Å². The molecule has 0 aromatic carbocycles. The summed E-state index contributed by atoms with van der Waals surface area (Å²) >= 11 is 0. The second-order valence-corrected chi connectivity index (χ2v) is 6.03. The zero-order chi connectivity index (χ0) is 12.7. The van der Waals surface area contributed by atoms with E-state index >= 15 is 0 Å². The third-order valence-electron chi connectivity index (χ3n) is 4.60. The first kappa shape index (κ1) is 11.4. The summed E-state index contributed by atoms with van der Waals surface area (Å²) in [5, 5.41) is 1.21. The van der Waals surface area contributed by atoms with E-state index in [0.29, 0.717) is 5.41 Å². The Morgan fingerprint density at radius 2 is 2.16 bits per heavy atom. The highest BCUT2D eigenvalue weighted by atomic mass is 16.5. The number of rotatable bonds is 2. The van der Waals surface area contributed by atoms with Gasteiger partial charge in [0.1, 0.15) is 5.65 Å². The van der Waals surface area contributed by atoms with Crippen LogP contribution in [0.25, 0.3) is 11.0 Å². The van der Waals surface area contributed by atoms with Gasteiger partial charge in [-0.15, -0.1) is 0 Å². The summed E-state index contributed by atoms with van der Waals surface area (Å²) in [6.45, 7) is 5.36. The van der Waals surface area contributed by atoms with Gasteiger partial charge in [-0.2, -0.15) is 0 Å². The average molecular weight is 257 g/mol. The molecule has 19 heavy (non-hydrogen) atoms. The quantitative estimate of drug-likeness (QED) is 0.896. The molecule has 2 aromatic rings. The fourth-order valence-electron chi connectivity index (χ4n) is 3.19. The maximum absolute atomic E-state index is 5.38. The van der Waals surface area contributed by atoms with Gasteiger partial charge in [0, 0.05) is 29.7 Å². The van der Waals surface area contributed by atoms with Crippen LogP contribution in [0.4, 0.5) is 0 Å². The predicted molar refractivity (Wildman–Crippen MR) is 73.9 cm³/mol. The number of nitrogens with one attached hydrogen (secondary N) is 1. The van der Waals surface area contributed by atoms with Crippen molar-refractivity contribution in [2.75, 3.05) is 26.3 Å². The summed E-state index contributed by atoms with van der Waals surface area (Å²) in [6.07, 6.45) is 6.51. The molecule has 0 amide bonds. The lowest BCUT2D eigenvalue weighted by molar-refractivity contribution is -0.140. The van der Waals surface area contributed by atoms with E-state index in [0.717, 1.165) is 25.4 Å². The van der Waals surface area contributed by atoms with Gasteiger partial charge in [0.25, 0.3) is 0 Å². The monoisotopic (exact) mass is 257 g/mol. The van der Waals surface area contributed by atoms with E-state index in [1.807, 2.05) is 12.4 Å². The standard InChI is InChI=1S/C15H19N3O/c1-4-16-14-13(1)7-12(8-17-14)9-18-5-2-15(3-6-18)10-19-11-15/h1,4,7-8H,2-3,5-6,9-11H2,(H,16,17). The van der Waals surface area contributed by atoms with E-state index in [9.17, 15) is 0 Å². The normalized spacial score (nSPS) is 22.7. The number of aromatic nitrogens is 2. The number of ether oxygens (including phenoxy) is 1. The lowest BCUT2D eigenvalue weighted by atomic mass is 9.77. The van der Waals surface area contributed by atoms with Crippen molar-refractivity contribution in [2.45, 2.75) is 19.4 Å². The van der Waals surface area contributed by atoms with Crippen LogP contribution in [0.3, 0.4) is 0 Å². The van der Waals surface area contributed by atoms with Gasteiger partial charge in [0.2, 0.25) is 0 Å². The Bertz CT molecular complexity index is 578. The molecule has 0 radical (unpaired) electrons. The number of fused-ring (bicyclic) bond motifs is 1. The van der Waals surface area contributed by atoms with Gasteiger partial charge in [-0.3, -0.25) is 4.90 Å². The molecule has 2 aromatic heterocycles. The Kier molecular flexibility index (Phi) is 2.60. The molecule has 2 saturated heterocycles. The molecule has 0 bridgehead atoms. The molecule has 4 heteroatoms. The molecule has 4 rings (SSSR count). The molecule has 0 aliphatic carbocycles. The summed E-state index contributed by atoms with van der Waals surface area (Å²) in [7, 11) is 0. The first-order chi connectivity index (χ1) is 9.33. The number of piperidine rings is 1. The van der Waals surface area contributed by atoms with Gasteiger partial charge in [-0.1, -0.05) is 0 Å². The largest absolute Gasteiger partial charge is 0.380 e. The summed E-state index contributed by atoms with van der Waals surface area (Å²) in [6, 6.07) is 4.33. The molecule has 4 heterocycles. The molecule has 4 nitrogen and oxygen atoms in total. The third-order valence-corrected chi connectivity index (χ3v) is 4.60. The van der Waals surface area contributed by atoms with Crippen molar-refractivity contribution in [1.29, 1.82) is 0 Å². The molecule has 100 valence electrons. The molecule has 0 saturated carbocycles. The SMILES string of the molecule is c1cc2cc(CN3CCC4(CC3)COC4)cnc2[nH]1. The molecule has 1 N–H and O–H groups in total. The van der Waals surface area contributed by atoms with E-state index < -0.39 is 0 Å². The van der Waals surface area contributed by atoms with Gasteiger partial charge in [0.15, 0.2) is 0 Å². The van der Waals surface area contributed by atoms with Crippen molar-refractivity contribution >= 4 is 11.0 Å². The maximum Gasteiger partial charge on any atom is 0.137 e. The second-order valence-electron chi connectivity index (χ2n) is 6.03. The second kappa shape index (κ2) is 4.32. The lowest BCUT2D eigenvalue weighted by Gasteiger charge is -2.47. The number of hydrogen-bond acceptors (Lipinski definition) is 3. The topological polar surface area (TPSA) is 41.1 Å². The highest BCUT2D eigenvalue weighted by Gasteiger charge is 2.40. The third kappa shape index (κ3) is 2.05. The van der Waals surface area contributed by atoms with Crippen LogP contribution in [0.15, 0.2) is 24.5 Å². The Labute approximate surface area is 112 Å². The minimum Gasteiger partial charge on any atom is -0.380 e. The Morgan fingerprint density at radius 3 is 2.89 bits per heavy atom. The van der Waals surface area contributed by atoms with Crippen molar-refractivity contribution in [3.8, 4) is 0 Å². The fourth-order valence-corrected chi connectivity index (χ4v) is 3.19. The summed E-state index contributed by atoms with van der Waals surface area (Å²) in [4.78, 5) is 10.1. The van der Waals surface area contributed by atoms with Crippen LogP contribution in [0.1, 0.15) is 18.4 Å². The molecule has 0 unspecified atom stereocenters. The molecule has 2 fully saturated rings. The minimum absolute atomic E-state index is 0.527. The lowest BCUT2D eigenvalue weighted by Crippen LogP contribution is -2.50. The van der Waals surface area contributed by atoms with Crippen LogP contribution in [-0.2, 0) is 11.3 Å². The number of H-pyrrole nitrogens is 1. The first-order valence-electron chi connectivity index (χ1n) is 7.05. The van der Waals surface area contributed by atoms with Gasteiger partial charge >= 0.3 is 0 Å². The van der Waals surface area contributed by atoms with Crippen LogP contribution >= 0.6 is 0 Å². The van der Waals surface area contributed by atoms with E-state index in [4.69, 9.17) is 4.74 Å². The molecular weight excluding hydrogens is 238 g/mol. The van der Waals surface area contributed by atoms with Crippen LogP contribution < -0.4 is 0 Å². The van der Waals surface area contributed by atoms with Gasteiger partial charge < -0.3 is 9.72 Å². The Balaban J connectivity index is 1.43. The highest BCUT2D eigenvalue weighted by Crippen LogP contribution is 2.38. The van der Waals surface area contributed by atoms with E-state index in [-0.39, 0.29) is 0 Å². The zero-order valence-electron chi connectivity index (χ0n) is 11.1. The summed E-state index contributed by atoms with van der Waals surface area (Å²) in [5.41, 5.74) is 2.82. The van der Waals surface area contributed by atoms with Crippen LogP contribution in [0.5, 0.6) is 0 Å². The smallest absolute Gasteiger partial charge is 0.137 e. The number of nitrogens with zero attached hydrogens (tertiary/aromatic N) is 2. The van der Waals surface area contributed by atoms with E-state index in [1.54, 1.807) is 0 Å². The number of hydrogen-bond donors (Lipinski definition) is 1. The van der Waals surface area contributed by atoms with Crippen molar-refractivity contribution < 1.29 is 4.74 Å². The van der Waals surface area contributed by atoms with E-state index in [1.165, 1.54) is 36.9 Å². The molecule has 1 spiro atoms. The molecule has 2 aliphatic heterocycles. The summed E-state index contributed by atoms with van der Waals surface area (Å²) in [5.74, 6) is 0. The Morgan fingerprint density at radius 1 is 1.32 bits per heavy atom. The maximum atomic E-state index is 5.38. The zero-order valence-corrected chi connectivity index (χ0v) is 11.1. The van der Waals surface area contributed by atoms with Gasteiger partial charge in [0.05, 0.1) is 13.2 Å². The van der Waals surface area contributed by atoms with Gasteiger partial charge in [-0.05, 0) is 43.6 Å². The van der Waals surface area contributed by atoms with Crippen molar-refractivity contribution in [3.05, 3.63) is 30.1 Å². The van der Waals surface area contributed by atoms with Crippen LogP contribution in [-0.4, -0.2) is 41.2 Å². The average Bonchev–Trinajstić information content (AvgIpc) is 2.85. The molecule has 0 atom stereocenters. The number of aromatic amines is 1. The van der Waals surface area contributed by atoms with E-state index in [2.05, 4.69) is 27.0 Å². The fraction of sp³-hybridized carbons (Fsp3) is 0.533. The van der Waals surface area contributed by atoms with Crippen LogP contribution in [0.2, 0.25) is 0 Å². The molecule has 2 aliphatic rings. The number of likely N-dealkylation sites (tertiary alicyclic amines) is 1. The van der Waals surface area contributed by atoms with Crippen LogP contribution in [0, 0.1) is 5.41 Å². The van der Waals surface area contributed by atoms with Crippen molar-refractivity contribution in [2.24, 2.45) is 5.41 Å². The van der Waals surface area contributed by atoms with Gasteiger partial charge in [-0.25, -0.2) is 4.98 Å². The Hall–Kier alpha value is -1.39. The number of pyridine rings is 1. The molecular formula is C15H19N3O.